The topological polar surface area (TPSA) is 49.3 Å². The Labute approximate surface area is 132 Å². The average molecular weight is 312 g/mol. The first-order valence-corrected chi connectivity index (χ1v) is 8.29. The summed E-state index contributed by atoms with van der Waals surface area (Å²) in [5.74, 6) is -0.948. The van der Waals surface area contributed by atoms with Crippen LogP contribution in [0.15, 0.2) is 18.2 Å². The van der Waals surface area contributed by atoms with Gasteiger partial charge < -0.3 is 10.4 Å². The van der Waals surface area contributed by atoms with Crippen molar-refractivity contribution in [2.45, 2.75) is 58.3 Å². The number of carbonyl (C=O) groups is 1. The molecule has 1 aromatic carbocycles. The number of anilines is 1. The van der Waals surface area contributed by atoms with Gasteiger partial charge in [0.05, 0.1) is 5.56 Å². The minimum Gasteiger partial charge on any atom is -0.478 e. The number of carboxylic acids is 1. The number of unbranched alkanes of at least 4 members (excludes halogenated alkanes) is 7. The Hall–Kier alpha value is -1.22. The summed E-state index contributed by atoms with van der Waals surface area (Å²) in [5, 5.41) is 12.8. The van der Waals surface area contributed by atoms with Crippen LogP contribution in [0.4, 0.5) is 5.69 Å². The summed E-state index contributed by atoms with van der Waals surface area (Å²) in [7, 11) is 0. The Morgan fingerprint density at radius 3 is 2.33 bits per heavy atom. The molecule has 0 saturated heterocycles. The lowest BCUT2D eigenvalue weighted by Crippen LogP contribution is -2.07. The van der Waals surface area contributed by atoms with Crippen LogP contribution in [-0.4, -0.2) is 17.6 Å². The molecule has 1 aromatic rings. The van der Waals surface area contributed by atoms with Gasteiger partial charge >= 0.3 is 5.97 Å². The zero-order valence-electron chi connectivity index (χ0n) is 12.8. The van der Waals surface area contributed by atoms with Gasteiger partial charge in [-0.1, -0.05) is 63.5 Å². The highest BCUT2D eigenvalue weighted by Crippen LogP contribution is 2.21. The van der Waals surface area contributed by atoms with E-state index in [1.54, 1.807) is 12.1 Å². The Balaban J connectivity index is 2.20. The maximum atomic E-state index is 11.1. The summed E-state index contributed by atoms with van der Waals surface area (Å²) in [6, 6.07) is 4.93. The minimum absolute atomic E-state index is 0.238. The van der Waals surface area contributed by atoms with Gasteiger partial charge in [-0.05, 0) is 24.6 Å². The number of hydrogen-bond acceptors (Lipinski definition) is 2. The lowest BCUT2D eigenvalue weighted by atomic mass is 10.1. The van der Waals surface area contributed by atoms with Crippen LogP contribution in [0.3, 0.4) is 0 Å². The Morgan fingerprint density at radius 1 is 1.10 bits per heavy atom. The first-order chi connectivity index (χ1) is 10.1. The Morgan fingerprint density at radius 2 is 1.71 bits per heavy atom. The van der Waals surface area contributed by atoms with Crippen LogP contribution >= 0.6 is 11.6 Å². The van der Waals surface area contributed by atoms with Gasteiger partial charge in [-0.3, -0.25) is 0 Å². The van der Waals surface area contributed by atoms with Crippen LogP contribution in [0.25, 0.3) is 0 Å². The molecule has 0 heterocycles. The predicted octanol–water partition coefficient (Wildman–Crippen LogP) is 5.59. The summed E-state index contributed by atoms with van der Waals surface area (Å²) in [6.07, 6.45) is 10.1. The number of benzene rings is 1. The fourth-order valence-electron chi connectivity index (χ4n) is 2.33. The van der Waals surface area contributed by atoms with Gasteiger partial charge in [-0.15, -0.1) is 0 Å². The molecule has 0 unspecified atom stereocenters. The summed E-state index contributed by atoms with van der Waals surface area (Å²) in [6.45, 7) is 3.03. The van der Waals surface area contributed by atoms with Gasteiger partial charge in [0.1, 0.15) is 0 Å². The van der Waals surface area contributed by atoms with E-state index < -0.39 is 5.97 Å². The number of halogens is 1. The third-order valence-electron chi connectivity index (χ3n) is 3.56. The summed E-state index contributed by atoms with van der Waals surface area (Å²) >= 11 is 5.82. The molecule has 0 amide bonds. The molecular weight excluding hydrogens is 286 g/mol. The van der Waals surface area contributed by atoms with E-state index in [1.807, 2.05) is 0 Å². The Kier molecular flexibility index (Phi) is 8.91. The van der Waals surface area contributed by atoms with E-state index in [1.165, 1.54) is 51.0 Å². The molecule has 2 N–H and O–H groups in total. The van der Waals surface area contributed by atoms with Crippen LogP contribution in [0.1, 0.15) is 68.6 Å². The lowest BCUT2D eigenvalue weighted by Gasteiger charge is -2.10. The smallest absolute Gasteiger partial charge is 0.337 e. The molecule has 0 saturated carbocycles. The van der Waals surface area contributed by atoms with Crippen molar-refractivity contribution in [2.24, 2.45) is 0 Å². The number of nitrogens with one attached hydrogen (secondary N) is 1. The van der Waals surface area contributed by atoms with Gasteiger partial charge in [-0.2, -0.15) is 0 Å². The molecule has 0 aliphatic carbocycles. The van der Waals surface area contributed by atoms with Crippen molar-refractivity contribution in [3.05, 3.63) is 28.8 Å². The van der Waals surface area contributed by atoms with Crippen molar-refractivity contribution >= 4 is 23.3 Å². The fourth-order valence-corrected chi connectivity index (χ4v) is 2.50. The van der Waals surface area contributed by atoms with Crippen LogP contribution in [-0.2, 0) is 0 Å². The number of hydrogen-bond donors (Lipinski definition) is 2. The zero-order valence-corrected chi connectivity index (χ0v) is 13.6. The third kappa shape index (κ3) is 7.37. The molecule has 0 bridgehead atoms. The standard InChI is InChI=1S/C17H26ClNO2/c1-2-3-4-5-6-7-8-9-12-19-16-11-10-14(18)13-15(16)17(20)21/h10-11,13,19H,2-9,12H2,1H3,(H,20,21). The van der Waals surface area contributed by atoms with E-state index in [0.29, 0.717) is 10.7 Å². The first kappa shape index (κ1) is 17.8. The highest BCUT2D eigenvalue weighted by atomic mass is 35.5. The van der Waals surface area contributed by atoms with Crippen LogP contribution < -0.4 is 5.32 Å². The van der Waals surface area contributed by atoms with Crippen LogP contribution in [0.5, 0.6) is 0 Å². The highest BCUT2D eigenvalue weighted by molar-refractivity contribution is 6.31. The molecule has 0 fully saturated rings. The second-order valence-electron chi connectivity index (χ2n) is 5.40. The highest BCUT2D eigenvalue weighted by Gasteiger charge is 2.09. The zero-order chi connectivity index (χ0) is 15.5. The van der Waals surface area contributed by atoms with Crippen molar-refractivity contribution in [3.8, 4) is 0 Å². The fraction of sp³-hybridized carbons (Fsp3) is 0.588. The van der Waals surface area contributed by atoms with E-state index in [9.17, 15) is 4.79 Å². The van der Waals surface area contributed by atoms with Crippen molar-refractivity contribution in [1.82, 2.24) is 0 Å². The molecular formula is C17H26ClNO2. The number of aromatic carboxylic acids is 1. The van der Waals surface area contributed by atoms with Gasteiger partial charge in [-0.25, -0.2) is 4.79 Å². The van der Waals surface area contributed by atoms with Gasteiger partial charge in [0.15, 0.2) is 0 Å². The average Bonchev–Trinajstić information content (AvgIpc) is 2.46. The molecule has 4 heteroatoms. The molecule has 0 radical (unpaired) electrons. The van der Waals surface area contributed by atoms with E-state index in [4.69, 9.17) is 16.7 Å². The van der Waals surface area contributed by atoms with E-state index in [2.05, 4.69) is 12.2 Å². The summed E-state index contributed by atoms with van der Waals surface area (Å²) in [4.78, 5) is 11.1. The molecule has 118 valence electrons. The van der Waals surface area contributed by atoms with Gasteiger partial charge in [0.2, 0.25) is 0 Å². The predicted molar refractivity (Wildman–Crippen MR) is 89.5 cm³/mol. The first-order valence-electron chi connectivity index (χ1n) is 7.92. The van der Waals surface area contributed by atoms with Gasteiger partial charge in [0, 0.05) is 17.3 Å². The quantitative estimate of drug-likeness (QED) is 0.524. The number of rotatable bonds is 11. The molecule has 0 aliphatic rings. The minimum atomic E-state index is -0.948. The second kappa shape index (κ2) is 10.5. The second-order valence-corrected chi connectivity index (χ2v) is 5.83. The lowest BCUT2D eigenvalue weighted by molar-refractivity contribution is 0.0698. The van der Waals surface area contributed by atoms with E-state index >= 15 is 0 Å². The molecule has 21 heavy (non-hydrogen) atoms. The summed E-state index contributed by atoms with van der Waals surface area (Å²) in [5.41, 5.74) is 0.886. The Bertz CT molecular complexity index is 435. The largest absolute Gasteiger partial charge is 0.478 e. The van der Waals surface area contributed by atoms with E-state index in [0.717, 1.165) is 13.0 Å². The van der Waals surface area contributed by atoms with Crippen LogP contribution in [0.2, 0.25) is 5.02 Å². The van der Waals surface area contributed by atoms with Crippen LogP contribution in [0, 0.1) is 0 Å². The maximum absolute atomic E-state index is 11.1. The molecule has 0 atom stereocenters. The van der Waals surface area contributed by atoms with Crippen molar-refractivity contribution in [2.75, 3.05) is 11.9 Å². The van der Waals surface area contributed by atoms with Gasteiger partial charge in [0.25, 0.3) is 0 Å². The monoisotopic (exact) mass is 311 g/mol. The molecule has 0 aromatic heterocycles. The molecule has 1 rings (SSSR count). The molecule has 3 nitrogen and oxygen atoms in total. The van der Waals surface area contributed by atoms with Crippen molar-refractivity contribution in [3.63, 3.8) is 0 Å². The van der Waals surface area contributed by atoms with E-state index in [-0.39, 0.29) is 5.56 Å². The SMILES string of the molecule is CCCCCCCCCCNc1ccc(Cl)cc1C(=O)O. The summed E-state index contributed by atoms with van der Waals surface area (Å²) < 4.78 is 0. The third-order valence-corrected chi connectivity index (χ3v) is 3.79. The number of carboxylic acid groups (broad SMARTS) is 1. The molecule has 0 aliphatic heterocycles. The maximum Gasteiger partial charge on any atom is 0.337 e. The van der Waals surface area contributed by atoms with Crippen molar-refractivity contribution in [1.29, 1.82) is 0 Å². The van der Waals surface area contributed by atoms with Crippen molar-refractivity contribution < 1.29 is 9.90 Å². The molecule has 0 spiro atoms. The normalized spacial score (nSPS) is 10.6.